The topological polar surface area (TPSA) is 167 Å². The van der Waals surface area contributed by atoms with E-state index in [9.17, 15) is 29.1 Å². The minimum absolute atomic E-state index is 0.0324. The van der Waals surface area contributed by atoms with Crippen molar-refractivity contribution in [2.24, 2.45) is 11.8 Å². The van der Waals surface area contributed by atoms with Gasteiger partial charge in [0.1, 0.15) is 25.1 Å². The number of anilines is 2. The zero-order chi connectivity index (χ0) is 42.3. The van der Waals surface area contributed by atoms with Gasteiger partial charge in [-0.2, -0.15) is 0 Å². The Morgan fingerprint density at radius 1 is 0.948 bits per heavy atom. The molecule has 2 aromatic rings. The smallest absolute Gasteiger partial charge is 0.469 e. The molecule has 2 aromatic carbocycles. The van der Waals surface area contributed by atoms with E-state index in [1.807, 2.05) is 12.2 Å². The Hall–Kier alpha value is -3.43. The van der Waals surface area contributed by atoms with E-state index in [1.54, 1.807) is 49.4 Å². The Bertz CT molecular complexity index is 1660. The molecule has 1 saturated carbocycles. The summed E-state index contributed by atoms with van der Waals surface area (Å²) in [6.07, 6.45) is 8.63. The molecular weight excluding hydrogens is 828 g/mol. The second kappa shape index (κ2) is 26.6. The summed E-state index contributed by atoms with van der Waals surface area (Å²) >= 11 is 12.6. The molecule has 16 heteroatoms. The number of halogens is 2. The standard InChI is InChI=1S/C42H56Cl2N2O10S2/c1-4-5-21-42(2,52)22-13-16-31-30(15-8-6-7-9-20-38(49)53-3)35(47)28-36(31)56-41(51)55-24-26-58-57-25-23-54-40(50)46-37(48)27-29-14-10-11-19-34(29)45-39-32(43)17-12-18-33(39)44/h10-14,16-19,30-31,36,45,52H,4-9,15,20-28H2,1-3H3,(H,46,48,50)/t30-,31-,36-,42?/m1/s1. The molecule has 3 rings (SSSR count). The minimum atomic E-state index is -0.867. The van der Waals surface area contributed by atoms with Gasteiger partial charge in [0.2, 0.25) is 5.91 Å². The molecule has 4 atom stereocenters. The fraction of sp³-hybridized carbons (Fsp3) is 0.548. The molecule has 58 heavy (non-hydrogen) atoms. The van der Waals surface area contributed by atoms with Crippen molar-refractivity contribution in [1.29, 1.82) is 0 Å². The molecule has 0 bridgehead atoms. The second-order valence-electron chi connectivity index (χ2n) is 14.3. The molecule has 2 amide bonds. The van der Waals surface area contributed by atoms with Crippen molar-refractivity contribution in [1.82, 2.24) is 5.32 Å². The Kier molecular flexibility index (Phi) is 22.5. The van der Waals surface area contributed by atoms with Crippen molar-refractivity contribution in [2.75, 3.05) is 37.1 Å². The highest BCUT2D eigenvalue weighted by Gasteiger charge is 2.43. The van der Waals surface area contributed by atoms with E-state index in [0.29, 0.717) is 64.2 Å². The highest BCUT2D eigenvalue weighted by molar-refractivity contribution is 8.76. The van der Waals surface area contributed by atoms with Crippen LogP contribution in [-0.2, 0) is 39.8 Å². The number of methoxy groups -OCH3 is 1. The molecule has 0 spiro atoms. The molecule has 1 aliphatic rings. The number of para-hydroxylation sites is 2. The Labute approximate surface area is 359 Å². The number of imide groups is 1. The summed E-state index contributed by atoms with van der Waals surface area (Å²) in [5.41, 5.74) is 0.877. The maximum Gasteiger partial charge on any atom is 0.508 e. The van der Waals surface area contributed by atoms with Gasteiger partial charge in [-0.05, 0) is 56.4 Å². The summed E-state index contributed by atoms with van der Waals surface area (Å²) in [5.74, 6) is -0.526. The zero-order valence-corrected chi connectivity index (χ0v) is 36.6. The summed E-state index contributed by atoms with van der Waals surface area (Å²) in [7, 11) is 4.19. The van der Waals surface area contributed by atoms with Crippen molar-refractivity contribution < 1.29 is 48.0 Å². The number of rotatable bonds is 25. The number of ether oxygens (including phenoxy) is 4. The number of unbranched alkanes of at least 4 members (excludes halogenated alkanes) is 4. The van der Waals surface area contributed by atoms with Crippen molar-refractivity contribution in [3.63, 3.8) is 0 Å². The summed E-state index contributed by atoms with van der Waals surface area (Å²) in [4.78, 5) is 62.0. The van der Waals surface area contributed by atoms with Crippen LogP contribution in [0.1, 0.15) is 90.0 Å². The quantitative estimate of drug-likeness (QED) is 0.0284. The lowest BCUT2D eigenvalue weighted by atomic mass is 9.87. The number of benzene rings is 2. The molecule has 0 heterocycles. The molecule has 1 fully saturated rings. The van der Waals surface area contributed by atoms with E-state index in [-0.39, 0.29) is 49.6 Å². The van der Waals surface area contributed by atoms with Crippen LogP contribution in [0, 0.1) is 11.8 Å². The van der Waals surface area contributed by atoms with E-state index in [1.165, 1.54) is 28.7 Å². The fourth-order valence-corrected chi connectivity index (χ4v) is 8.58. The van der Waals surface area contributed by atoms with Gasteiger partial charge in [0.05, 0.1) is 34.9 Å². The van der Waals surface area contributed by atoms with Gasteiger partial charge in [-0.15, -0.1) is 0 Å². The first-order valence-electron chi connectivity index (χ1n) is 19.7. The lowest BCUT2D eigenvalue weighted by molar-refractivity contribution is -0.140. The van der Waals surface area contributed by atoms with E-state index in [4.69, 9.17) is 42.1 Å². The molecule has 320 valence electrons. The van der Waals surface area contributed by atoms with E-state index in [0.717, 1.165) is 38.5 Å². The van der Waals surface area contributed by atoms with Crippen LogP contribution in [0.2, 0.25) is 10.0 Å². The van der Waals surface area contributed by atoms with Gasteiger partial charge in [-0.3, -0.25) is 19.7 Å². The molecule has 12 nitrogen and oxygen atoms in total. The average Bonchev–Trinajstić information content (AvgIpc) is 3.47. The predicted octanol–water partition coefficient (Wildman–Crippen LogP) is 10.0. The van der Waals surface area contributed by atoms with Crippen molar-refractivity contribution in [3.05, 3.63) is 70.2 Å². The third-order valence-electron chi connectivity index (χ3n) is 9.52. The Morgan fingerprint density at radius 3 is 2.34 bits per heavy atom. The van der Waals surface area contributed by atoms with Crippen molar-refractivity contribution >= 4 is 86.1 Å². The number of aliphatic hydroxyl groups is 1. The number of amides is 2. The zero-order valence-electron chi connectivity index (χ0n) is 33.4. The summed E-state index contributed by atoms with van der Waals surface area (Å²) < 4.78 is 20.8. The van der Waals surface area contributed by atoms with E-state index < -0.39 is 29.9 Å². The number of esters is 1. The number of hydrogen-bond donors (Lipinski definition) is 3. The van der Waals surface area contributed by atoms with Gasteiger partial charge in [0.15, 0.2) is 0 Å². The van der Waals surface area contributed by atoms with Gasteiger partial charge in [0, 0.05) is 41.9 Å². The second-order valence-corrected chi connectivity index (χ2v) is 17.8. The van der Waals surface area contributed by atoms with Gasteiger partial charge < -0.3 is 29.4 Å². The summed E-state index contributed by atoms with van der Waals surface area (Å²) in [6, 6.07) is 12.2. The first kappa shape index (κ1) is 48.9. The maximum atomic E-state index is 13.1. The molecule has 0 aliphatic heterocycles. The van der Waals surface area contributed by atoms with Crippen LogP contribution >= 0.6 is 44.8 Å². The molecule has 0 saturated heterocycles. The molecular formula is C42H56Cl2N2O10S2. The largest absolute Gasteiger partial charge is 0.508 e. The van der Waals surface area contributed by atoms with E-state index >= 15 is 0 Å². The number of carbonyl (C=O) groups is 5. The van der Waals surface area contributed by atoms with Crippen LogP contribution in [0.4, 0.5) is 21.0 Å². The van der Waals surface area contributed by atoms with Crippen molar-refractivity contribution in [2.45, 2.75) is 103 Å². The monoisotopic (exact) mass is 882 g/mol. The lowest BCUT2D eigenvalue weighted by Gasteiger charge is -2.23. The van der Waals surface area contributed by atoms with Gasteiger partial charge >= 0.3 is 18.2 Å². The van der Waals surface area contributed by atoms with Crippen LogP contribution in [0.3, 0.4) is 0 Å². The van der Waals surface area contributed by atoms with Crippen LogP contribution < -0.4 is 10.6 Å². The summed E-state index contributed by atoms with van der Waals surface area (Å²) in [5, 5.41) is 17.0. The number of carbonyl (C=O) groups excluding carboxylic acids is 5. The fourth-order valence-electron chi connectivity index (χ4n) is 6.44. The first-order valence-corrected chi connectivity index (χ1v) is 22.9. The molecule has 3 N–H and O–H groups in total. The highest BCUT2D eigenvalue weighted by atomic mass is 35.5. The number of nitrogens with one attached hydrogen (secondary N) is 2. The highest BCUT2D eigenvalue weighted by Crippen LogP contribution is 2.37. The predicted molar refractivity (Wildman–Crippen MR) is 231 cm³/mol. The minimum Gasteiger partial charge on any atom is -0.469 e. The van der Waals surface area contributed by atoms with Gasteiger partial charge in [-0.25, -0.2) is 9.59 Å². The lowest BCUT2D eigenvalue weighted by Crippen LogP contribution is -2.32. The average molecular weight is 884 g/mol. The Balaban J connectivity index is 1.36. The maximum absolute atomic E-state index is 13.1. The van der Waals surface area contributed by atoms with Gasteiger partial charge in [0.25, 0.3) is 0 Å². The molecule has 0 radical (unpaired) electrons. The molecule has 1 unspecified atom stereocenters. The van der Waals surface area contributed by atoms with Crippen LogP contribution in [0.5, 0.6) is 0 Å². The van der Waals surface area contributed by atoms with E-state index in [2.05, 4.69) is 17.6 Å². The SMILES string of the molecule is CCCCC(C)(O)CC=C[C@H]1[C@H](OC(=O)OCCSSCCOC(=O)NC(=O)Cc2ccccc2Nc2c(Cl)cccc2Cl)CC(=O)[C@@H]1CCCCCCC(=O)OC. The van der Waals surface area contributed by atoms with Crippen LogP contribution in [0.25, 0.3) is 0 Å². The normalized spacial score (nSPS) is 17.4. The Morgan fingerprint density at radius 2 is 1.64 bits per heavy atom. The van der Waals surface area contributed by atoms with Gasteiger partial charge in [-0.1, -0.05) is 120 Å². The van der Waals surface area contributed by atoms with Crippen LogP contribution in [0.15, 0.2) is 54.6 Å². The van der Waals surface area contributed by atoms with Crippen LogP contribution in [-0.4, -0.2) is 78.5 Å². The number of hydrogen-bond acceptors (Lipinski definition) is 13. The molecule has 0 aromatic heterocycles. The molecule has 1 aliphatic carbocycles. The summed E-state index contributed by atoms with van der Waals surface area (Å²) in [6.45, 7) is 4.00. The number of Topliss-reactive ketones (excluding diaryl/α,β-unsaturated/α-hetero) is 1. The third kappa shape index (κ3) is 18.2. The third-order valence-corrected chi connectivity index (χ3v) is 12.5. The number of ketones is 1. The first-order chi connectivity index (χ1) is 27.8. The number of alkyl carbamates (subject to hydrolysis) is 1. The van der Waals surface area contributed by atoms with Crippen molar-refractivity contribution in [3.8, 4) is 0 Å².